The van der Waals surface area contributed by atoms with Gasteiger partial charge in [0.2, 0.25) is 11.1 Å². The van der Waals surface area contributed by atoms with Gasteiger partial charge in [-0.15, -0.1) is 0 Å². The van der Waals surface area contributed by atoms with Gasteiger partial charge in [-0.3, -0.25) is 9.59 Å². The smallest absolute Gasteiger partial charge is 0.227 e. The molecule has 4 nitrogen and oxygen atoms in total. The van der Waals surface area contributed by atoms with Crippen LogP contribution in [-0.2, 0) is 9.59 Å². The maximum atomic E-state index is 11.8. The average Bonchev–Trinajstić information content (AvgIpc) is 2.73. The van der Waals surface area contributed by atoms with Gasteiger partial charge in [-0.25, -0.2) is 0 Å². The van der Waals surface area contributed by atoms with Crippen LogP contribution < -0.4 is 9.64 Å². The zero-order chi connectivity index (χ0) is 13.1. The molecule has 18 heavy (non-hydrogen) atoms. The van der Waals surface area contributed by atoms with Crippen LogP contribution in [0, 0.1) is 5.92 Å². The first-order chi connectivity index (χ1) is 8.61. The summed E-state index contributed by atoms with van der Waals surface area (Å²) < 4.78 is 5.33. The third-order valence-corrected chi connectivity index (χ3v) is 3.21. The molecule has 1 aromatic rings. The van der Waals surface area contributed by atoms with E-state index in [0.29, 0.717) is 13.2 Å². The van der Waals surface area contributed by atoms with Crippen LogP contribution >= 0.6 is 11.6 Å². The molecule has 0 radical (unpaired) electrons. The minimum Gasteiger partial charge on any atom is -0.494 e. The second-order valence-corrected chi connectivity index (χ2v) is 4.51. The highest BCUT2D eigenvalue weighted by molar-refractivity contribution is 6.64. The Bertz CT molecular complexity index is 458. The number of hydrogen-bond donors (Lipinski definition) is 0. The number of ether oxygens (including phenoxy) is 1. The molecule has 1 saturated heterocycles. The Morgan fingerprint density at radius 2 is 2.11 bits per heavy atom. The van der Waals surface area contributed by atoms with E-state index >= 15 is 0 Å². The first kappa shape index (κ1) is 12.9. The number of carbonyl (C=O) groups excluding carboxylic acids is 2. The van der Waals surface area contributed by atoms with Crippen LogP contribution in [0.25, 0.3) is 0 Å². The van der Waals surface area contributed by atoms with Crippen molar-refractivity contribution in [1.82, 2.24) is 0 Å². The molecule has 0 spiro atoms. The first-order valence-electron chi connectivity index (χ1n) is 5.84. The first-order valence-corrected chi connectivity index (χ1v) is 6.22. The van der Waals surface area contributed by atoms with Gasteiger partial charge in [0.25, 0.3) is 0 Å². The van der Waals surface area contributed by atoms with E-state index in [1.807, 2.05) is 31.2 Å². The van der Waals surface area contributed by atoms with Crippen molar-refractivity contribution in [2.75, 3.05) is 18.1 Å². The monoisotopic (exact) mass is 267 g/mol. The van der Waals surface area contributed by atoms with Gasteiger partial charge in [0, 0.05) is 18.7 Å². The molecule has 1 unspecified atom stereocenters. The zero-order valence-corrected chi connectivity index (χ0v) is 10.8. The predicted molar refractivity (Wildman–Crippen MR) is 68.9 cm³/mol. The van der Waals surface area contributed by atoms with Crippen molar-refractivity contribution in [1.29, 1.82) is 0 Å². The molecule has 96 valence electrons. The number of nitrogens with zero attached hydrogens (tertiary/aromatic N) is 1. The normalized spacial score (nSPS) is 19.1. The summed E-state index contributed by atoms with van der Waals surface area (Å²) in [5, 5.41) is -0.447. The Labute approximate surface area is 110 Å². The molecule has 0 saturated carbocycles. The molecule has 1 aromatic carbocycles. The van der Waals surface area contributed by atoms with Gasteiger partial charge in [0.15, 0.2) is 0 Å². The lowest BCUT2D eigenvalue weighted by molar-refractivity contribution is -0.120. The summed E-state index contributed by atoms with van der Waals surface area (Å²) in [6.45, 7) is 2.87. The van der Waals surface area contributed by atoms with E-state index in [9.17, 15) is 9.59 Å². The third-order valence-electron chi connectivity index (χ3n) is 2.91. The highest BCUT2D eigenvalue weighted by Crippen LogP contribution is 2.27. The van der Waals surface area contributed by atoms with E-state index in [0.717, 1.165) is 11.4 Å². The number of amides is 1. The van der Waals surface area contributed by atoms with Gasteiger partial charge in [-0.2, -0.15) is 0 Å². The summed E-state index contributed by atoms with van der Waals surface area (Å²) in [4.78, 5) is 24.4. The molecule has 1 atom stereocenters. The third kappa shape index (κ3) is 2.64. The van der Waals surface area contributed by atoms with E-state index in [1.165, 1.54) is 0 Å². The van der Waals surface area contributed by atoms with Crippen LogP contribution in [0.3, 0.4) is 0 Å². The summed E-state index contributed by atoms with van der Waals surface area (Å²) in [5.41, 5.74) is 0.767. The predicted octanol–water partition coefficient (Wildman–Crippen LogP) is 2.20. The molecule has 1 aliphatic rings. The van der Waals surface area contributed by atoms with Gasteiger partial charge in [-0.05, 0) is 42.8 Å². The summed E-state index contributed by atoms with van der Waals surface area (Å²) in [6.07, 6.45) is 0.190. The molecule has 1 heterocycles. The topological polar surface area (TPSA) is 46.6 Å². The molecule has 2 rings (SSSR count). The minimum atomic E-state index is -0.447. The number of anilines is 1. The number of benzene rings is 1. The SMILES string of the molecule is CCOc1ccc(N2CC(C(=O)Cl)CC2=O)cc1. The lowest BCUT2D eigenvalue weighted by atomic mass is 10.1. The fraction of sp³-hybridized carbons (Fsp3) is 0.385. The summed E-state index contributed by atoms with van der Waals surface area (Å²) in [6, 6.07) is 7.23. The van der Waals surface area contributed by atoms with E-state index in [2.05, 4.69) is 0 Å². The summed E-state index contributed by atoms with van der Waals surface area (Å²) in [7, 11) is 0. The van der Waals surface area contributed by atoms with Crippen LogP contribution in [-0.4, -0.2) is 24.3 Å². The van der Waals surface area contributed by atoms with Crippen molar-refractivity contribution in [3.63, 3.8) is 0 Å². The maximum absolute atomic E-state index is 11.8. The molecular weight excluding hydrogens is 254 g/mol. The van der Waals surface area contributed by atoms with Gasteiger partial charge >= 0.3 is 0 Å². The Kier molecular flexibility index (Phi) is 3.87. The molecule has 0 aliphatic carbocycles. The number of halogens is 1. The van der Waals surface area contributed by atoms with Crippen molar-refractivity contribution in [2.45, 2.75) is 13.3 Å². The zero-order valence-electron chi connectivity index (χ0n) is 10.1. The van der Waals surface area contributed by atoms with Crippen LogP contribution in [0.2, 0.25) is 0 Å². The van der Waals surface area contributed by atoms with Crippen LogP contribution in [0.15, 0.2) is 24.3 Å². The standard InChI is InChI=1S/C13H14ClNO3/c1-2-18-11-5-3-10(4-6-11)15-8-9(13(14)17)7-12(15)16/h3-6,9H,2,7-8H2,1H3. The number of rotatable bonds is 4. The summed E-state index contributed by atoms with van der Waals surface area (Å²) in [5.74, 6) is 0.293. The van der Waals surface area contributed by atoms with Crippen molar-refractivity contribution in [2.24, 2.45) is 5.92 Å². The Morgan fingerprint density at radius 3 is 2.61 bits per heavy atom. The Hall–Kier alpha value is -1.55. The molecule has 1 fully saturated rings. The Balaban J connectivity index is 2.12. The van der Waals surface area contributed by atoms with Crippen molar-refractivity contribution >= 4 is 28.4 Å². The van der Waals surface area contributed by atoms with Gasteiger partial charge in [-0.1, -0.05) is 0 Å². The second kappa shape index (κ2) is 5.40. The van der Waals surface area contributed by atoms with Crippen molar-refractivity contribution in [3.8, 4) is 5.75 Å². The van der Waals surface area contributed by atoms with E-state index in [4.69, 9.17) is 16.3 Å². The van der Waals surface area contributed by atoms with Crippen LogP contribution in [0.4, 0.5) is 5.69 Å². The molecule has 0 aromatic heterocycles. The molecule has 0 N–H and O–H groups in total. The fourth-order valence-corrected chi connectivity index (χ4v) is 2.14. The highest BCUT2D eigenvalue weighted by atomic mass is 35.5. The van der Waals surface area contributed by atoms with E-state index in [-0.39, 0.29) is 12.3 Å². The van der Waals surface area contributed by atoms with Crippen LogP contribution in [0.5, 0.6) is 5.75 Å². The lowest BCUT2D eigenvalue weighted by Crippen LogP contribution is -2.25. The van der Waals surface area contributed by atoms with Crippen LogP contribution in [0.1, 0.15) is 13.3 Å². The molecule has 1 amide bonds. The summed E-state index contributed by atoms with van der Waals surface area (Å²) >= 11 is 5.43. The van der Waals surface area contributed by atoms with Crippen molar-refractivity contribution < 1.29 is 14.3 Å². The Morgan fingerprint density at radius 1 is 1.44 bits per heavy atom. The van der Waals surface area contributed by atoms with Crippen molar-refractivity contribution in [3.05, 3.63) is 24.3 Å². The quantitative estimate of drug-likeness (QED) is 0.786. The molecule has 5 heteroatoms. The van der Waals surface area contributed by atoms with Gasteiger partial charge in [0.1, 0.15) is 5.75 Å². The number of hydrogen-bond acceptors (Lipinski definition) is 3. The second-order valence-electron chi connectivity index (χ2n) is 4.14. The molecular formula is C13H14ClNO3. The minimum absolute atomic E-state index is 0.0711. The van der Waals surface area contributed by atoms with Gasteiger partial charge < -0.3 is 9.64 Å². The molecule has 0 bridgehead atoms. The molecule has 1 aliphatic heterocycles. The largest absolute Gasteiger partial charge is 0.494 e. The maximum Gasteiger partial charge on any atom is 0.227 e. The lowest BCUT2D eigenvalue weighted by Gasteiger charge is -2.16. The highest BCUT2D eigenvalue weighted by Gasteiger charge is 2.34. The fourth-order valence-electron chi connectivity index (χ4n) is 2.00. The number of carbonyl (C=O) groups is 2. The average molecular weight is 268 g/mol. The van der Waals surface area contributed by atoms with E-state index < -0.39 is 11.2 Å². The van der Waals surface area contributed by atoms with Gasteiger partial charge in [0.05, 0.1) is 12.5 Å². The van der Waals surface area contributed by atoms with E-state index in [1.54, 1.807) is 4.90 Å².